The van der Waals surface area contributed by atoms with Crippen LogP contribution in [0.15, 0.2) is 18.5 Å². The molecule has 1 rings (SSSR count). The van der Waals surface area contributed by atoms with Crippen molar-refractivity contribution < 1.29 is 0 Å². The second-order valence-electron chi connectivity index (χ2n) is 3.97. The van der Waals surface area contributed by atoms with Gasteiger partial charge in [0, 0.05) is 18.4 Å². The van der Waals surface area contributed by atoms with E-state index < -0.39 is 0 Å². The third-order valence-corrected chi connectivity index (χ3v) is 2.19. The Kier molecular flexibility index (Phi) is 3.43. The minimum Gasteiger partial charge on any atom is -0.324 e. The van der Waals surface area contributed by atoms with Gasteiger partial charge in [-0.15, -0.1) is 0 Å². The zero-order valence-electron chi connectivity index (χ0n) is 8.62. The van der Waals surface area contributed by atoms with E-state index in [0.29, 0.717) is 5.92 Å². The Morgan fingerprint density at radius 2 is 2.15 bits per heavy atom. The lowest BCUT2D eigenvalue weighted by Crippen LogP contribution is -2.14. The van der Waals surface area contributed by atoms with Crippen molar-refractivity contribution in [1.82, 2.24) is 4.98 Å². The Balaban J connectivity index is 2.76. The van der Waals surface area contributed by atoms with Gasteiger partial charge < -0.3 is 5.73 Å². The summed E-state index contributed by atoms with van der Waals surface area (Å²) in [7, 11) is 0. The van der Waals surface area contributed by atoms with Gasteiger partial charge in [0.2, 0.25) is 0 Å². The second-order valence-corrected chi connectivity index (χ2v) is 3.97. The van der Waals surface area contributed by atoms with Gasteiger partial charge in [0.1, 0.15) is 0 Å². The van der Waals surface area contributed by atoms with Crippen LogP contribution in [-0.4, -0.2) is 4.98 Å². The van der Waals surface area contributed by atoms with Crippen LogP contribution in [0.2, 0.25) is 0 Å². The summed E-state index contributed by atoms with van der Waals surface area (Å²) in [5.41, 5.74) is 8.49. The molecule has 0 fully saturated rings. The third-order valence-electron chi connectivity index (χ3n) is 2.19. The molecule has 0 amide bonds. The maximum absolute atomic E-state index is 6.07. The summed E-state index contributed by atoms with van der Waals surface area (Å²) in [6.45, 7) is 6.44. The maximum Gasteiger partial charge on any atom is 0.0301 e. The van der Waals surface area contributed by atoms with Gasteiger partial charge in [-0.05, 0) is 36.5 Å². The molecule has 2 N–H and O–H groups in total. The van der Waals surface area contributed by atoms with Gasteiger partial charge in [-0.1, -0.05) is 13.8 Å². The summed E-state index contributed by atoms with van der Waals surface area (Å²) >= 11 is 0. The summed E-state index contributed by atoms with van der Waals surface area (Å²) in [5, 5.41) is 0. The minimum absolute atomic E-state index is 0.156. The van der Waals surface area contributed by atoms with Crippen LogP contribution in [0.3, 0.4) is 0 Å². The highest BCUT2D eigenvalue weighted by Crippen LogP contribution is 2.20. The van der Waals surface area contributed by atoms with Gasteiger partial charge in [0.05, 0.1) is 0 Å². The number of pyridine rings is 1. The van der Waals surface area contributed by atoms with Crippen molar-refractivity contribution in [2.45, 2.75) is 33.2 Å². The largest absolute Gasteiger partial charge is 0.324 e. The van der Waals surface area contributed by atoms with Gasteiger partial charge in [-0.3, -0.25) is 4.98 Å². The molecule has 0 spiro atoms. The van der Waals surface area contributed by atoms with E-state index in [0.717, 1.165) is 6.42 Å². The van der Waals surface area contributed by atoms with Crippen LogP contribution >= 0.6 is 0 Å². The number of aromatic nitrogens is 1. The Labute approximate surface area is 80.2 Å². The topological polar surface area (TPSA) is 38.9 Å². The predicted molar refractivity (Wildman–Crippen MR) is 55.4 cm³/mol. The highest BCUT2D eigenvalue weighted by Gasteiger charge is 2.09. The molecule has 1 unspecified atom stereocenters. The first-order chi connectivity index (χ1) is 6.11. The molecule has 2 heteroatoms. The third kappa shape index (κ3) is 2.81. The van der Waals surface area contributed by atoms with Crippen molar-refractivity contribution in [3.8, 4) is 0 Å². The maximum atomic E-state index is 6.07. The molecule has 0 saturated heterocycles. The molecule has 0 aliphatic rings. The van der Waals surface area contributed by atoms with Crippen LogP contribution in [0.4, 0.5) is 0 Å². The molecule has 13 heavy (non-hydrogen) atoms. The molecule has 72 valence electrons. The van der Waals surface area contributed by atoms with Crippen molar-refractivity contribution in [1.29, 1.82) is 0 Å². The lowest BCUT2D eigenvalue weighted by molar-refractivity contribution is 0.508. The van der Waals surface area contributed by atoms with E-state index in [1.807, 2.05) is 18.5 Å². The van der Waals surface area contributed by atoms with E-state index in [1.54, 1.807) is 0 Å². The molecule has 1 heterocycles. The number of nitrogens with zero attached hydrogens (tertiary/aromatic N) is 1. The molecule has 0 radical (unpaired) electrons. The van der Waals surface area contributed by atoms with E-state index in [9.17, 15) is 0 Å². The first-order valence-electron chi connectivity index (χ1n) is 4.77. The van der Waals surface area contributed by atoms with Crippen molar-refractivity contribution in [2.24, 2.45) is 11.7 Å². The molecule has 0 aromatic carbocycles. The van der Waals surface area contributed by atoms with Crippen LogP contribution < -0.4 is 5.73 Å². The zero-order valence-corrected chi connectivity index (χ0v) is 8.62. The Morgan fingerprint density at radius 3 is 2.69 bits per heavy atom. The number of rotatable bonds is 3. The normalized spacial score (nSPS) is 13.3. The van der Waals surface area contributed by atoms with Crippen molar-refractivity contribution in [3.63, 3.8) is 0 Å². The average molecular weight is 178 g/mol. The van der Waals surface area contributed by atoms with E-state index in [4.69, 9.17) is 5.73 Å². The summed E-state index contributed by atoms with van der Waals surface area (Å²) in [5.74, 6) is 0.641. The highest BCUT2D eigenvalue weighted by atomic mass is 14.7. The molecule has 1 aromatic rings. The molecule has 0 aliphatic carbocycles. The fourth-order valence-corrected chi connectivity index (χ4v) is 1.54. The first kappa shape index (κ1) is 10.2. The van der Waals surface area contributed by atoms with Crippen LogP contribution in [0.5, 0.6) is 0 Å². The van der Waals surface area contributed by atoms with Crippen LogP contribution in [0.25, 0.3) is 0 Å². The first-order valence-corrected chi connectivity index (χ1v) is 4.77. The molecule has 2 nitrogen and oxygen atoms in total. The fraction of sp³-hybridized carbons (Fsp3) is 0.545. The van der Waals surface area contributed by atoms with Crippen molar-refractivity contribution in [3.05, 3.63) is 29.6 Å². The standard InChI is InChI=1S/C11H18N2/c1-8(2)6-11(12)10-4-5-13-7-9(10)3/h4-5,7-8,11H,6,12H2,1-3H3. The predicted octanol–water partition coefficient (Wildman–Crippen LogP) is 2.44. The quantitative estimate of drug-likeness (QED) is 0.772. The zero-order chi connectivity index (χ0) is 9.84. The van der Waals surface area contributed by atoms with Gasteiger partial charge >= 0.3 is 0 Å². The van der Waals surface area contributed by atoms with Gasteiger partial charge in [0.25, 0.3) is 0 Å². The minimum atomic E-state index is 0.156. The van der Waals surface area contributed by atoms with Gasteiger partial charge in [-0.25, -0.2) is 0 Å². The Hall–Kier alpha value is -0.890. The molecule has 1 aromatic heterocycles. The lowest BCUT2D eigenvalue weighted by Gasteiger charge is -2.16. The molecule has 1 atom stereocenters. The monoisotopic (exact) mass is 178 g/mol. The van der Waals surface area contributed by atoms with Crippen LogP contribution in [-0.2, 0) is 0 Å². The van der Waals surface area contributed by atoms with Crippen LogP contribution in [0.1, 0.15) is 37.4 Å². The molecule has 0 aliphatic heterocycles. The summed E-state index contributed by atoms with van der Waals surface area (Å²) in [4.78, 5) is 4.05. The molecule has 0 saturated carbocycles. The smallest absolute Gasteiger partial charge is 0.0301 e. The number of aryl methyl sites for hydroxylation is 1. The van der Waals surface area contributed by atoms with Gasteiger partial charge in [0.15, 0.2) is 0 Å². The van der Waals surface area contributed by atoms with Crippen molar-refractivity contribution in [2.75, 3.05) is 0 Å². The van der Waals surface area contributed by atoms with E-state index in [2.05, 4.69) is 25.8 Å². The van der Waals surface area contributed by atoms with Gasteiger partial charge in [-0.2, -0.15) is 0 Å². The molecule has 0 bridgehead atoms. The van der Waals surface area contributed by atoms with E-state index >= 15 is 0 Å². The number of nitrogens with two attached hydrogens (primary N) is 1. The summed E-state index contributed by atoms with van der Waals surface area (Å²) < 4.78 is 0. The van der Waals surface area contributed by atoms with E-state index in [1.165, 1.54) is 11.1 Å². The second kappa shape index (κ2) is 4.38. The molecular formula is C11H18N2. The average Bonchev–Trinajstić information content (AvgIpc) is 2.03. The fourth-order valence-electron chi connectivity index (χ4n) is 1.54. The Bertz CT molecular complexity index is 269. The SMILES string of the molecule is Cc1cnccc1C(N)CC(C)C. The number of hydrogen-bond donors (Lipinski definition) is 1. The molecular weight excluding hydrogens is 160 g/mol. The van der Waals surface area contributed by atoms with Crippen molar-refractivity contribution >= 4 is 0 Å². The highest BCUT2D eigenvalue weighted by molar-refractivity contribution is 5.24. The number of hydrogen-bond acceptors (Lipinski definition) is 2. The van der Waals surface area contributed by atoms with Crippen LogP contribution in [0, 0.1) is 12.8 Å². The lowest BCUT2D eigenvalue weighted by atomic mass is 9.96. The summed E-state index contributed by atoms with van der Waals surface area (Å²) in [6, 6.07) is 2.17. The summed E-state index contributed by atoms with van der Waals surface area (Å²) in [6.07, 6.45) is 4.71. The van der Waals surface area contributed by atoms with E-state index in [-0.39, 0.29) is 6.04 Å². The Morgan fingerprint density at radius 1 is 1.46 bits per heavy atom.